The molecule has 2 heterocycles. The average molecular weight is 412 g/mol. The zero-order valence-corrected chi connectivity index (χ0v) is 17.6. The van der Waals surface area contributed by atoms with Gasteiger partial charge >= 0.3 is 6.09 Å². The minimum absolute atomic E-state index is 0.259. The predicted molar refractivity (Wildman–Crippen MR) is 112 cm³/mol. The average Bonchev–Trinajstić information content (AvgIpc) is 3.25. The van der Waals surface area contributed by atoms with E-state index in [-0.39, 0.29) is 23.8 Å². The molecule has 0 atom stereocenters. The maximum absolute atomic E-state index is 12.6. The lowest BCUT2D eigenvalue weighted by molar-refractivity contribution is -0.127. The molecular weight excluding hydrogens is 384 g/mol. The number of piperidine rings is 1. The Morgan fingerprint density at radius 2 is 1.60 bits per heavy atom. The number of rotatable bonds is 3. The number of benzene rings is 1. The maximum Gasteiger partial charge on any atom is 0.410 e. The summed E-state index contributed by atoms with van der Waals surface area (Å²) in [4.78, 5) is 38.8. The van der Waals surface area contributed by atoms with Crippen molar-refractivity contribution in [1.29, 1.82) is 0 Å². The van der Waals surface area contributed by atoms with E-state index in [2.05, 4.69) is 10.9 Å². The summed E-state index contributed by atoms with van der Waals surface area (Å²) in [5, 5.41) is 0. The van der Waals surface area contributed by atoms with E-state index in [0.717, 1.165) is 5.69 Å². The largest absolute Gasteiger partial charge is 0.444 e. The van der Waals surface area contributed by atoms with Crippen molar-refractivity contribution >= 4 is 17.9 Å². The summed E-state index contributed by atoms with van der Waals surface area (Å²) in [6.07, 6.45) is 4.37. The standard InChI is InChI=1S/C22H28N4O4/c1-22(2,3)30-21(29)26-14-10-16(11-15-26)19(27)23-24-20(28)17-8-4-5-9-18(17)25-12-6-7-13-25/h4-9,12-13,16H,10-11,14-15H2,1-3H3,(H,23,27)(H,24,28). The molecule has 8 nitrogen and oxygen atoms in total. The Hall–Kier alpha value is -3.29. The highest BCUT2D eigenvalue weighted by molar-refractivity contribution is 5.98. The number of hydrogen-bond acceptors (Lipinski definition) is 4. The van der Waals surface area contributed by atoms with Crippen molar-refractivity contribution < 1.29 is 19.1 Å². The van der Waals surface area contributed by atoms with Gasteiger partial charge in [0.25, 0.3) is 5.91 Å². The van der Waals surface area contributed by atoms with E-state index in [0.29, 0.717) is 31.5 Å². The fraction of sp³-hybridized carbons (Fsp3) is 0.409. The minimum atomic E-state index is -0.549. The number of hydrazine groups is 1. The summed E-state index contributed by atoms with van der Waals surface area (Å²) in [7, 11) is 0. The zero-order chi connectivity index (χ0) is 21.7. The molecule has 8 heteroatoms. The molecule has 0 bridgehead atoms. The third-order valence-corrected chi connectivity index (χ3v) is 4.85. The Kier molecular flexibility index (Phi) is 6.44. The first kappa shape index (κ1) is 21.4. The van der Waals surface area contributed by atoms with Gasteiger partial charge in [0.2, 0.25) is 5.91 Å². The van der Waals surface area contributed by atoms with Crippen LogP contribution in [0.15, 0.2) is 48.8 Å². The quantitative estimate of drug-likeness (QED) is 0.758. The van der Waals surface area contributed by atoms with Crippen LogP contribution in [-0.2, 0) is 9.53 Å². The van der Waals surface area contributed by atoms with Crippen LogP contribution in [0.4, 0.5) is 4.79 Å². The van der Waals surface area contributed by atoms with E-state index in [1.165, 1.54) is 0 Å². The van der Waals surface area contributed by atoms with Crippen molar-refractivity contribution in [3.05, 3.63) is 54.4 Å². The molecule has 160 valence electrons. The van der Waals surface area contributed by atoms with E-state index in [9.17, 15) is 14.4 Å². The Bertz CT molecular complexity index is 894. The summed E-state index contributed by atoms with van der Waals surface area (Å²) >= 11 is 0. The molecule has 1 aliphatic heterocycles. The molecule has 1 saturated heterocycles. The highest BCUT2D eigenvalue weighted by atomic mass is 16.6. The summed E-state index contributed by atoms with van der Waals surface area (Å²) in [6.45, 7) is 6.35. The second-order valence-corrected chi connectivity index (χ2v) is 8.29. The lowest BCUT2D eigenvalue weighted by atomic mass is 9.96. The number of aromatic nitrogens is 1. The first-order valence-electron chi connectivity index (χ1n) is 10.0. The Labute approximate surface area is 176 Å². The lowest BCUT2D eigenvalue weighted by Crippen LogP contribution is -2.48. The van der Waals surface area contributed by atoms with Crippen LogP contribution in [0.3, 0.4) is 0 Å². The van der Waals surface area contributed by atoms with E-state index < -0.39 is 5.60 Å². The molecule has 1 aliphatic rings. The van der Waals surface area contributed by atoms with Crippen LogP contribution in [0.1, 0.15) is 44.0 Å². The fourth-order valence-corrected chi connectivity index (χ4v) is 3.32. The molecule has 2 N–H and O–H groups in total. The van der Waals surface area contributed by atoms with Crippen LogP contribution in [0.5, 0.6) is 0 Å². The van der Waals surface area contributed by atoms with Gasteiger partial charge in [-0.15, -0.1) is 0 Å². The van der Waals surface area contributed by atoms with E-state index >= 15 is 0 Å². The van der Waals surface area contributed by atoms with Gasteiger partial charge < -0.3 is 14.2 Å². The molecule has 0 unspecified atom stereocenters. The molecule has 3 rings (SSSR count). The van der Waals surface area contributed by atoms with E-state index in [1.807, 2.05) is 62.0 Å². The van der Waals surface area contributed by atoms with Crippen molar-refractivity contribution in [3.63, 3.8) is 0 Å². The molecule has 1 aromatic heterocycles. The van der Waals surface area contributed by atoms with Crippen LogP contribution >= 0.6 is 0 Å². The maximum atomic E-state index is 12.6. The highest BCUT2D eigenvalue weighted by Gasteiger charge is 2.30. The molecule has 1 aromatic carbocycles. The van der Waals surface area contributed by atoms with Gasteiger partial charge in [-0.2, -0.15) is 0 Å². The van der Waals surface area contributed by atoms with Crippen LogP contribution in [0.25, 0.3) is 5.69 Å². The Morgan fingerprint density at radius 3 is 2.23 bits per heavy atom. The van der Waals surface area contributed by atoms with Gasteiger partial charge in [-0.25, -0.2) is 4.79 Å². The zero-order valence-electron chi connectivity index (χ0n) is 17.6. The molecule has 2 aromatic rings. The SMILES string of the molecule is CC(C)(C)OC(=O)N1CCC(C(=O)NNC(=O)c2ccccc2-n2cccc2)CC1. The molecule has 1 fully saturated rings. The van der Waals surface area contributed by atoms with Crippen molar-refractivity contribution in [3.8, 4) is 5.69 Å². The molecule has 30 heavy (non-hydrogen) atoms. The highest BCUT2D eigenvalue weighted by Crippen LogP contribution is 2.20. The third-order valence-electron chi connectivity index (χ3n) is 4.85. The van der Waals surface area contributed by atoms with Crippen molar-refractivity contribution in [2.75, 3.05) is 13.1 Å². The second-order valence-electron chi connectivity index (χ2n) is 8.29. The van der Waals surface area contributed by atoms with Crippen LogP contribution in [0, 0.1) is 5.92 Å². The molecular formula is C22H28N4O4. The number of ether oxygens (including phenoxy) is 1. The molecule has 0 radical (unpaired) electrons. The number of amides is 3. The van der Waals surface area contributed by atoms with Crippen LogP contribution in [-0.4, -0.2) is 46.1 Å². The predicted octanol–water partition coefficient (Wildman–Crippen LogP) is 2.89. The van der Waals surface area contributed by atoms with Crippen LogP contribution < -0.4 is 10.9 Å². The Balaban J connectivity index is 1.51. The number of carbonyl (C=O) groups is 3. The van der Waals surface area contributed by atoms with Crippen molar-refractivity contribution in [2.45, 2.75) is 39.2 Å². The third kappa shape index (κ3) is 5.40. The normalized spacial score (nSPS) is 14.8. The summed E-state index contributed by atoms with van der Waals surface area (Å²) in [5.74, 6) is -0.923. The molecule has 0 aliphatic carbocycles. The van der Waals surface area contributed by atoms with Gasteiger partial charge in [0.05, 0.1) is 11.3 Å². The lowest BCUT2D eigenvalue weighted by Gasteiger charge is -2.32. The van der Waals surface area contributed by atoms with Crippen molar-refractivity contribution in [2.24, 2.45) is 5.92 Å². The van der Waals surface area contributed by atoms with E-state index in [1.54, 1.807) is 17.0 Å². The molecule has 0 spiro atoms. The van der Waals surface area contributed by atoms with Crippen molar-refractivity contribution in [1.82, 2.24) is 20.3 Å². The van der Waals surface area contributed by atoms with Crippen LogP contribution in [0.2, 0.25) is 0 Å². The summed E-state index contributed by atoms with van der Waals surface area (Å²) in [6, 6.07) is 10.9. The first-order chi connectivity index (χ1) is 14.2. The number of nitrogens with one attached hydrogen (secondary N) is 2. The first-order valence-corrected chi connectivity index (χ1v) is 10.0. The smallest absolute Gasteiger partial charge is 0.410 e. The van der Waals surface area contributed by atoms with E-state index in [4.69, 9.17) is 4.74 Å². The van der Waals surface area contributed by atoms with Gasteiger partial charge in [-0.3, -0.25) is 20.4 Å². The monoisotopic (exact) mass is 412 g/mol. The number of para-hydroxylation sites is 1. The topological polar surface area (TPSA) is 92.7 Å². The Morgan fingerprint density at radius 1 is 0.967 bits per heavy atom. The van der Waals surface area contributed by atoms with Gasteiger partial charge in [-0.05, 0) is 57.9 Å². The summed E-state index contributed by atoms with van der Waals surface area (Å²) in [5.41, 5.74) is 5.65. The number of nitrogens with zero attached hydrogens (tertiary/aromatic N) is 2. The molecule has 0 saturated carbocycles. The minimum Gasteiger partial charge on any atom is -0.444 e. The number of hydrogen-bond donors (Lipinski definition) is 2. The van der Waals surface area contributed by atoms with Gasteiger partial charge in [0.1, 0.15) is 5.60 Å². The number of carbonyl (C=O) groups excluding carboxylic acids is 3. The number of likely N-dealkylation sites (tertiary alicyclic amines) is 1. The molecule has 3 amide bonds. The van der Waals surface area contributed by atoms with Gasteiger partial charge in [0, 0.05) is 31.4 Å². The van der Waals surface area contributed by atoms with Gasteiger partial charge in [0.15, 0.2) is 0 Å². The fourth-order valence-electron chi connectivity index (χ4n) is 3.32. The summed E-state index contributed by atoms with van der Waals surface area (Å²) < 4.78 is 7.21. The van der Waals surface area contributed by atoms with Gasteiger partial charge in [-0.1, -0.05) is 12.1 Å². The second kappa shape index (κ2) is 9.02.